The summed E-state index contributed by atoms with van der Waals surface area (Å²) < 4.78 is 15.8. The molecule has 0 saturated carbocycles. The molecule has 0 N–H and O–H groups in total. The Hall–Kier alpha value is -2.86. The summed E-state index contributed by atoms with van der Waals surface area (Å²) in [6, 6.07) is 15.6. The van der Waals surface area contributed by atoms with E-state index in [0.717, 1.165) is 45.3 Å². The van der Waals surface area contributed by atoms with Crippen molar-refractivity contribution in [2.45, 2.75) is 26.7 Å². The van der Waals surface area contributed by atoms with Crippen molar-refractivity contribution < 1.29 is 4.39 Å². The van der Waals surface area contributed by atoms with Crippen LogP contribution in [0.4, 0.5) is 4.39 Å². The minimum Gasteiger partial charge on any atom is -0.267 e. The third kappa shape index (κ3) is 3.25. The molecule has 4 nitrogen and oxygen atoms in total. The Morgan fingerprint density at radius 2 is 1.67 bits per heavy atom. The van der Waals surface area contributed by atoms with Crippen molar-refractivity contribution in [1.82, 2.24) is 14.8 Å². The monoisotopic (exact) mass is 463 g/mol. The van der Waals surface area contributed by atoms with Crippen LogP contribution in [-0.4, -0.2) is 14.8 Å². The molecule has 0 bridgehead atoms. The predicted molar refractivity (Wildman–Crippen MR) is 119 cm³/mol. The summed E-state index contributed by atoms with van der Waals surface area (Å²) in [4.78, 5) is 18.4. The molecule has 0 fully saturated rings. The molecular formula is C24H19BrFN3O. The second-order valence-electron chi connectivity index (χ2n) is 8.54. The highest BCUT2D eigenvalue weighted by atomic mass is 79.9. The summed E-state index contributed by atoms with van der Waals surface area (Å²) in [5.74, 6) is -0.348. The summed E-state index contributed by atoms with van der Waals surface area (Å²) in [5, 5.41) is 6.14. The third-order valence-electron chi connectivity index (χ3n) is 5.53. The number of hydrogen-bond acceptors (Lipinski definition) is 3. The van der Waals surface area contributed by atoms with Gasteiger partial charge >= 0.3 is 0 Å². The van der Waals surface area contributed by atoms with E-state index in [4.69, 9.17) is 4.98 Å². The van der Waals surface area contributed by atoms with Crippen LogP contribution in [-0.2, 0) is 12.8 Å². The van der Waals surface area contributed by atoms with Crippen LogP contribution >= 0.6 is 15.9 Å². The van der Waals surface area contributed by atoms with E-state index in [2.05, 4.69) is 34.9 Å². The average molecular weight is 464 g/mol. The maximum atomic E-state index is 13.4. The molecule has 4 aromatic rings. The Morgan fingerprint density at radius 1 is 1.00 bits per heavy atom. The molecule has 30 heavy (non-hydrogen) atoms. The van der Waals surface area contributed by atoms with Crippen molar-refractivity contribution in [2.24, 2.45) is 5.41 Å². The second kappa shape index (κ2) is 6.84. The summed E-state index contributed by atoms with van der Waals surface area (Å²) in [6.45, 7) is 4.37. The van der Waals surface area contributed by atoms with Crippen LogP contribution in [0, 0.1) is 11.2 Å². The van der Waals surface area contributed by atoms with Gasteiger partial charge in [-0.25, -0.2) is 4.39 Å². The van der Waals surface area contributed by atoms with Gasteiger partial charge in [0.25, 0.3) is 5.56 Å². The lowest BCUT2D eigenvalue weighted by atomic mass is 9.77. The van der Waals surface area contributed by atoms with Crippen molar-refractivity contribution in [2.75, 3.05) is 0 Å². The first-order chi connectivity index (χ1) is 14.3. The molecule has 2 aromatic heterocycles. The minimum absolute atomic E-state index is 0.0245. The molecule has 0 aliphatic heterocycles. The maximum Gasteiger partial charge on any atom is 0.279 e. The number of nitrogens with zero attached hydrogens (tertiary/aromatic N) is 3. The summed E-state index contributed by atoms with van der Waals surface area (Å²) in [5.41, 5.74) is 3.79. The molecule has 0 unspecified atom stereocenters. The van der Waals surface area contributed by atoms with Crippen LogP contribution in [0.1, 0.15) is 25.2 Å². The molecule has 2 aromatic carbocycles. The van der Waals surface area contributed by atoms with Crippen LogP contribution in [0.3, 0.4) is 0 Å². The van der Waals surface area contributed by atoms with Gasteiger partial charge in [0.15, 0.2) is 0 Å². The fourth-order valence-electron chi connectivity index (χ4n) is 4.17. The van der Waals surface area contributed by atoms with E-state index >= 15 is 0 Å². The number of hydrogen-bond donors (Lipinski definition) is 0. The zero-order valence-electron chi connectivity index (χ0n) is 16.6. The Balaban J connectivity index is 1.82. The van der Waals surface area contributed by atoms with Crippen molar-refractivity contribution in [3.8, 4) is 16.9 Å². The largest absolute Gasteiger partial charge is 0.279 e. The number of rotatable bonds is 2. The zero-order chi connectivity index (χ0) is 21.0. The molecule has 0 saturated heterocycles. The van der Waals surface area contributed by atoms with Gasteiger partial charge in [-0.1, -0.05) is 41.9 Å². The van der Waals surface area contributed by atoms with Crippen molar-refractivity contribution in [1.29, 1.82) is 0 Å². The molecule has 0 amide bonds. The standard InChI is InChI=1S/C24H19BrFN3O/c1-24(2)12-20-22-18(11-19(27-20)14-3-5-15(25)6-4-14)23(30)29(28-21(22)13-24)17-9-7-16(26)8-10-17/h3-11H,12-13H2,1-2H3. The first-order valence-corrected chi connectivity index (χ1v) is 10.6. The van der Waals surface area contributed by atoms with Crippen LogP contribution in [0.5, 0.6) is 0 Å². The van der Waals surface area contributed by atoms with Gasteiger partial charge in [-0.15, -0.1) is 0 Å². The fourth-order valence-corrected chi connectivity index (χ4v) is 4.43. The molecule has 0 spiro atoms. The minimum atomic E-state index is -0.348. The molecule has 6 heteroatoms. The number of halogens is 2. The maximum absolute atomic E-state index is 13.4. The van der Waals surface area contributed by atoms with E-state index in [1.54, 1.807) is 12.1 Å². The molecule has 2 heterocycles. The molecule has 150 valence electrons. The van der Waals surface area contributed by atoms with Crippen molar-refractivity contribution in [3.63, 3.8) is 0 Å². The second-order valence-corrected chi connectivity index (χ2v) is 9.46. The van der Waals surface area contributed by atoms with Crippen LogP contribution in [0.25, 0.3) is 27.7 Å². The Bertz CT molecular complexity index is 1330. The van der Waals surface area contributed by atoms with Gasteiger partial charge < -0.3 is 0 Å². The summed E-state index contributed by atoms with van der Waals surface area (Å²) in [6.07, 6.45) is 1.53. The van der Waals surface area contributed by atoms with Gasteiger partial charge in [-0.2, -0.15) is 9.78 Å². The van der Waals surface area contributed by atoms with Gasteiger partial charge in [0.05, 0.1) is 28.2 Å². The highest BCUT2D eigenvalue weighted by Gasteiger charge is 2.31. The lowest BCUT2D eigenvalue weighted by molar-refractivity contribution is 0.345. The smallest absolute Gasteiger partial charge is 0.267 e. The number of benzene rings is 2. The fraction of sp³-hybridized carbons (Fsp3) is 0.208. The zero-order valence-corrected chi connectivity index (χ0v) is 18.2. The molecule has 0 radical (unpaired) electrons. The normalized spacial score (nSPS) is 14.8. The van der Waals surface area contributed by atoms with Gasteiger partial charge in [0.1, 0.15) is 5.82 Å². The van der Waals surface area contributed by atoms with Crippen molar-refractivity contribution in [3.05, 3.63) is 86.6 Å². The Morgan fingerprint density at radius 3 is 2.37 bits per heavy atom. The first-order valence-electron chi connectivity index (χ1n) is 9.78. The SMILES string of the molecule is CC1(C)Cc2nc(-c3ccc(Br)cc3)cc3c(=O)n(-c4ccc(F)cc4)nc(c23)C1. The van der Waals surface area contributed by atoms with Gasteiger partial charge in [0, 0.05) is 15.4 Å². The summed E-state index contributed by atoms with van der Waals surface area (Å²) >= 11 is 3.46. The van der Waals surface area contributed by atoms with E-state index in [1.807, 2.05) is 30.3 Å². The van der Waals surface area contributed by atoms with Gasteiger partial charge in [-0.3, -0.25) is 9.78 Å². The lowest BCUT2D eigenvalue weighted by Gasteiger charge is -2.30. The lowest BCUT2D eigenvalue weighted by Crippen LogP contribution is -2.30. The van der Waals surface area contributed by atoms with Crippen LogP contribution in [0.2, 0.25) is 0 Å². The van der Waals surface area contributed by atoms with Crippen molar-refractivity contribution >= 4 is 26.7 Å². The van der Waals surface area contributed by atoms with E-state index in [1.165, 1.54) is 16.8 Å². The third-order valence-corrected chi connectivity index (χ3v) is 6.06. The Labute approximate surface area is 181 Å². The van der Waals surface area contributed by atoms with Gasteiger partial charge in [0.2, 0.25) is 0 Å². The predicted octanol–water partition coefficient (Wildman–Crippen LogP) is 5.47. The topological polar surface area (TPSA) is 47.8 Å². The average Bonchev–Trinajstić information content (AvgIpc) is 2.70. The quantitative estimate of drug-likeness (QED) is 0.395. The molecule has 1 aliphatic rings. The molecule has 5 rings (SSSR count). The van der Waals surface area contributed by atoms with E-state index in [9.17, 15) is 9.18 Å². The highest BCUT2D eigenvalue weighted by Crippen LogP contribution is 2.37. The first kappa shape index (κ1) is 19.1. The van der Waals surface area contributed by atoms with Crippen LogP contribution < -0.4 is 5.56 Å². The number of pyridine rings is 1. The van der Waals surface area contributed by atoms with Gasteiger partial charge in [-0.05, 0) is 60.7 Å². The molecule has 0 atom stereocenters. The van der Waals surface area contributed by atoms with E-state index in [0.29, 0.717) is 11.1 Å². The summed E-state index contributed by atoms with van der Waals surface area (Å²) in [7, 11) is 0. The van der Waals surface area contributed by atoms with E-state index in [-0.39, 0.29) is 16.8 Å². The Kier molecular flexibility index (Phi) is 4.36. The molecule has 1 aliphatic carbocycles. The molecular weight excluding hydrogens is 445 g/mol. The highest BCUT2D eigenvalue weighted by molar-refractivity contribution is 9.10. The van der Waals surface area contributed by atoms with Crippen LogP contribution in [0.15, 0.2) is 63.9 Å². The van der Waals surface area contributed by atoms with E-state index < -0.39 is 0 Å². The number of aromatic nitrogens is 3.